The quantitative estimate of drug-likeness (QED) is 0.00728. The number of fused-ring (bicyclic) bond motifs is 3. The molecule has 5 aromatic heterocycles. The molecule has 5 heterocycles. The average molecular weight is 1520 g/mol. The third-order valence-electron chi connectivity index (χ3n) is 16.8. The number of methoxy groups -OCH3 is 4. The van der Waals surface area contributed by atoms with E-state index >= 15 is 0 Å². The molecular formula is C81H82LiN9O21. The van der Waals surface area contributed by atoms with E-state index < -0.39 is 17.9 Å². The fraction of sp³-hybridized carbons (Fsp3) is 0.185. The van der Waals surface area contributed by atoms with Gasteiger partial charge in [-0.1, -0.05) is 88.3 Å². The van der Waals surface area contributed by atoms with Gasteiger partial charge in [0.2, 0.25) is 17.4 Å². The predicted octanol–water partition coefficient (Wildman–Crippen LogP) is 12.3. The molecule has 112 heavy (non-hydrogen) atoms. The third-order valence-corrected chi connectivity index (χ3v) is 16.8. The van der Waals surface area contributed by atoms with Gasteiger partial charge >= 0.3 is 54.7 Å². The molecule has 13 N–H and O–H groups in total. The zero-order chi connectivity index (χ0) is 80.2. The van der Waals surface area contributed by atoms with E-state index in [0.717, 1.165) is 83.0 Å². The summed E-state index contributed by atoms with van der Waals surface area (Å²) in [4.78, 5) is 79.1. The van der Waals surface area contributed by atoms with Crippen molar-refractivity contribution >= 4 is 85.9 Å². The second kappa shape index (κ2) is 41.2. The van der Waals surface area contributed by atoms with Crippen molar-refractivity contribution < 1.29 is 120 Å². The molecule has 30 nitrogen and oxygen atoms in total. The number of nitrogen functional groups attached to an aromatic ring is 1. The number of oxime groups is 1. The molecule has 0 amide bonds. The monoisotopic (exact) mass is 1520 g/mol. The van der Waals surface area contributed by atoms with Crippen LogP contribution in [0.3, 0.4) is 0 Å². The van der Waals surface area contributed by atoms with Crippen LogP contribution in [0.1, 0.15) is 129 Å². The molecule has 0 unspecified atom stereocenters. The van der Waals surface area contributed by atoms with Gasteiger partial charge in [0.25, 0.3) is 11.8 Å². The van der Waals surface area contributed by atoms with Crippen molar-refractivity contribution in [1.29, 1.82) is 0 Å². The number of hydrogen-bond donors (Lipinski definition) is 7. The number of carbonyl (C=O) groups excluding carboxylic acids is 4. The molecule has 31 heteroatoms. The van der Waals surface area contributed by atoms with Gasteiger partial charge in [0.1, 0.15) is 16.7 Å². The first-order valence-electron chi connectivity index (χ1n) is 32.8. The number of carboxylic acid groups (broad SMARTS) is 2. The van der Waals surface area contributed by atoms with E-state index in [-0.39, 0.29) is 70.8 Å². The summed E-state index contributed by atoms with van der Waals surface area (Å²) in [7, 11) is 5.37. The summed E-state index contributed by atoms with van der Waals surface area (Å²) in [5.74, 6) is 2.50. The van der Waals surface area contributed by atoms with Gasteiger partial charge in [-0.25, -0.2) is 39.5 Å². The van der Waals surface area contributed by atoms with E-state index in [1.54, 1.807) is 106 Å². The van der Waals surface area contributed by atoms with Crippen LogP contribution in [0.5, 0.6) is 0 Å². The van der Waals surface area contributed by atoms with Crippen molar-refractivity contribution in [3.05, 3.63) is 257 Å². The number of hydrogen-bond acceptors (Lipinski definition) is 25. The van der Waals surface area contributed by atoms with Gasteiger partial charge < -0.3 is 84.3 Å². The molecule has 0 aliphatic carbocycles. The van der Waals surface area contributed by atoms with Crippen LogP contribution in [0.2, 0.25) is 0 Å². The fourth-order valence-corrected chi connectivity index (χ4v) is 10.9. The first kappa shape index (κ1) is 90.9. The Balaban J connectivity index is 0.000000289. The minimum absolute atomic E-state index is 0. The van der Waals surface area contributed by atoms with Crippen molar-refractivity contribution in [2.75, 3.05) is 34.2 Å². The number of furan rings is 3. The predicted molar refractivity (Wildman–Crippen MR) is 412 cm³/mol. The van der Waals surface area contributed by atoms with E-state index in [1.807, 2.05) is 104 Å². The van der Waals surface area contributed by atoms with Gasteiger partial charge in [-0.15, -0.1) is 0 Å². The van der Waals surface area contributed by atoms with Crippen LogP contribution in [0, 0.1) is 82.7 Å². The van der Waals surface area contributed by atoms with Crippen molar-refractivity contribution in [3.63, 3.8) is 0 Å². The number of carbonyl (C=O) groups is 6. The third kappa shape index (κ3) is 21.9. The molecule has 0 saturated carbocycles. The van der Waals surface area contributed by atoms with Crippen molar-refractivity contribution in [3.8, 4) is 46.1 Å². The SMILES string of the molecule is COC(=O)c1ccc(-c2noc(-c3cc4c(C)ccc(C)c4o3)n2)cc1C.COC(=O)c1ccc(/C(N)=N\O)cc1C.COC(=O)c1ccc(N)cc1C.Cc1cc(-c2noc(-c3cc4c(C)ccc(C)c4o3)n2)ccc1C(=O)O.Cc1ccc(C)c2oc(C(=O)O)cc12.NO.O.[C-]#[N+]c1ccc(C(=O)OC)c(C)c1.[Li+].[OH-]. The maximum absolute atomic E-state index is 11.7. The van der Waals surface area contributed by atoms with Crippen molar-refractivity contribution in [1.82, 2.24) is 20.3 Å². The van der Waals surface area contributed by atoms with E-state index in [4.69, 9.17) is 65.7 Å². The van der Waals surface area contributed by atoms with Crippen molar-refractivity contribution in [2.24, 2.45) is 16.8 Å². The van der Waals surface area contributed by atoms with E-state index in [9.17, 15) is 28.8 Å². The molecule has 0 spiro atoms. The normalized spacial score (nSPS) is 10.2. The minimum atomic E-state index is -1.03. The average Bonchev–Trinajstić information content (AvgIpc) is 1.64. The second-order valence-corrected chi connectivity index (χ2v) is 24.3. The summed E-state index contributed by atoms with van der Waals surface area (Å²) in [5, 5.41) is 46.7. The number of carboxylic acids is 2. The standard InChI is InChI=1S/C21H18N2O4.C20H16N2O4.C11H10O3.C10H12N2O3.C10H9NO2.C9H11NO2.Li.H3NO.2H2O/c1-11-5-6-12(2)18-16(11)10-17(26-18)20-22-19(23-27-20)14-7-8-15(13(3)9-14)21(24)25-4;1-10-4-5-11(2)17-15(10)9-16(25-17)19-21-18(22-26-19)13-6-7-14(20(23)24)12(3)8-13;1-6-3-4-7(2)10-8(6)5-9(14-10)11(12)13;1-6-5-7(9(11)12-14)3-4-8(6)10(13)15-2;1-7-6-8(11-2)4-5-9(7)10(12)13-3;1-6-5-7(10)3-4-8(6)9(11)12-2;;1-2;;/h5-10H,1-4H3;4-9H,1-3H3,(H,23,24);3-5H,1-2H3,(H,12,13);3-5,14H,1-2H3,(H2,11,12);4-6H,1,3H3;3-5H,10H2,1-2H3;;2H,1H2;2*1H2/q;;;;;;+1;;;/p-1. The number of aryl methyl sites for hydroxylation is 11. The number of nitrogens with zero attached hydrogens (tertiary/aromatic N) is 6. The Morgan fingerprint density at radius 3 is 1.12 bits per heavy atom. The zero-order valence-corrected chi connectivity index (χ0v) is 64.1. The van der Waals surface area contributed by atoms with E-state index in [0.29, 0.717) is 90.5 Å². The number of amidine groups is 1. The summed E-state index contributed by atoms with van der Waals surface area (Å²) in [5.41, 5.74) is 28.7. The van der Waals surface area contributed by atoms with Crippen LogP contribution in [-0.4, -0.2) is 122 Å². The smallest absolute Gasteiger partial charge is 0.870 e. The Labute approximate surface area is 653 Å². The van der Waals surface area contributed by atoms with Gasteiger partial charge in [0.05, 0.1) is 62.8 Å². The Kier molecular flexibility index (Phi) is 33.4. The molecule has 578 valence electrons. The second-order valence-electron chi connectivity index (χ2n) is 24.3. The maximum Gasteiger partial charge on any atom is 1.00 e. The number of benzene rings is 8. The number of anilines is 1. The van der Waals surface area contributed by atoms with Crippen LogP contribution >= 0.6 is 0 Å². The molecule has 13 aromatic rings. The molecule has 0 bridgehead atoms. The summed E-state index contributed by atoms with van der Waals surface area (Å²) in [6.07, 6.45) is 0. The molecule has 0 saturated heterocycles. The summed E-state index contributed by atoms with van der Waals surface area (Å²) in [6, 6.07) is 42.4. The van der Waals surface area contributed by atoms with Gasteiger partial charge in [0, 0.05) is 38.5 Å². The number of aromatic nitrogens is 4. The van der Waals surface area contributed by atoms with Crippen LogP contribution in [-0.2, 0) is 18.9 Å². The fourth-order valence-electron chi connectivity index (χ4n) is 10.9. The van der Waals surface area contributed by atoms with E-state index in [1.165, 1.54) is 34.5 Å². The number of nitrogens with two attached hydrogens (primary N) is 3. The van der Waals surface area contributed by atoms with Gasteiger partial charge in [0.15, 0.2) is 23.0 Å². The molecule has 0 fully saturated rings. The molecule has 0 aliphatic heterocycles. The van der Waals surface area contributed by atoms with Gasteiger partial charge in [-0.3, -0.25) is 0 Å². The number of aromatic carboxylic acids is 2. The Hall–Kier alpha value is -13.5. The largest absolute Gasteiger partial charge is 1.00 e. The Morgan fingerprint density at radius 2 is 0.786 bits per heavy atom. The summed E-state index contributed by atoms with van der Waals surface area (Å²) in [6.45, 7) is 27.6. The molecule has 0 radical (unpaired) electrons. The van der Waals surface area contributed by atoms with Crippen LogP contribution in [0.4, 0.5) is 11.4 Å². The van der Waals surface area contributed by atoms with Crippen LogP contribution < -0.4 is 36.2 Å². The van der Waals surface area contributed by atoms with Crippen LogP contribution in [0.15, 0.2) is 173 Å². The van der Waals surface area contributed by atoms with Crippen LogP contribution in [0.25, 0.3) is 83.8 Å². The Morgan fingerprint density at radius 1 is 0.438 bits per heavy atom. The van der Waals surface area contributed by atoms with Gasteiger partial charge in [-0.2, -0.15) is 9.97 Å². The molecule has 0 aliphatic rings. The number of ether oxygens (including phenoxy) is 4. The molecule has 13 rings (SSSR count). The topological polar surface area (TPSA) is 494 Å². The molecule has 0 atom stereocenters. The molecular weight excluding hydrogens is 1440 g/mol. The number of rotatable bonds is 11. The summed E-state index contributed by atoms with van der Waals surface area (Å²) >= 11 is 0. The first-order chi connectivity index (χ1) is 51.9. The first-order valence-corrected chi connectivity index (χ1v) is 32.8. The van der Waals surface area contributed by atoms with Crippen molar-refractivity contribution in [2.45, 2.75) is 76.2 Å². The maximum atomic E-state index is 11.7. The zero-order valence-electron chi connectivity index (χ0n) is 64.1. The molecule has 8 aromatic carbocycles. The Bertz CT molecular complexity index is 5510. The van der Waals surface area contributed by atoms with Gasteiger partial charge in [-0.05, 0) is 210 Å². The minimum Gasteiger partial charge on any atom is -0.870 e. The number of esters is 4. The summed E-state index contributed by atoms with van der Waals surface area (Å²) < 4.78 is 46.4. The van der Waals surface area contributed by atoms with E-state index in [2.05, 4.69) is 56.5 Å².